The maximum absolute atomic E-state index is 12.7. The maximum atomic E-state index is 12.7. The van der Waals surface area contributed by atoms with Crippen LogP contribution < -0.4 is 10.6 Å². The zero-order valence-electron chi connectivity index (χ0n) is 17.0. The second-order valence-corrected chi connectivity index (χ2v) is 10.1. The Kier molecular flexibility index (Phi) is 4.98. The van der Waals surface area contributed by atoms with Gasteiger partial charge in [0.25, 0.3) is 0 Å². The number of amides is 2. The van der Waals surface area contributed by atoms with Crippen LogP contribution in [0.25, 0.3) is 0 Å². The lowest BCUT2D eigenvalue weighted by Crippen LogP contribution is -2.56. The number of hydrogen-bond donors (Lipinski definition) is 3. The molecule has 4 aliphatic carbocycles. The van der Waals surface area contributed by atoms with Gasteiger partial charge in [0.05, 0.1) is 5.60 Å². The maximum Gasteiger partial charge on any atom is 0.224 e. The van der Waals surface area contributed by atoms with E-state index in [2.05, 4.69) is 10.6 Å². The van der Waals surface area contributed by atoms with E-state index < -0.39 is 5.60 Å². The Balaban J connectivity index is 1.34. The van der Waals surface area contributed by atoms with Crippen LogP contribution in [0.4, 0.5) is 11.4 Å². The first-order chi connectivity index (χ1) is 13.2. The van der Waals surface area contributed by atoms with E-state index in [0.29, 0.717) is 30.6 Å². The minimum atomic E-state index is -0.528. The van der Waals surface area contributed by atoms with Gasteiger partial charge in [-0.1, -0.05) is 13.8 Å². The van der Waals surface area contributed by atoms with Crippen molar-refractivity contribution in [1.82, 2.24) is 0 Å². The van der Waals surface area contributed by atoms with Crippen molar-refractivity contribution in [1.29, 1.82) is 0 Å². The highest BCUT2D eigenvalue weighted by atomic mass is 16.3. The number of benzene rings is 1. The highest BCUT2D eigenvalue weighted by molar-refractivity contribution is 5.93. The summed E-state index contributed by atoms with van der Waals surface area (Å²) in [5.74, 6) is 1.54. The second-order valence-electron chi connectivity index (χ2n) is 10.1. The van der Waals surface area contributed by atoms with E-state index in [9.17, 15) is 14.7 Å². The third-order valence-corrected chi connectivity index (χ3v) is 6.73. The van der Waals surface area contributed by atoms with Gasteiger partial charge in [-0.3, -0.25) is 9.59 Å². The molecule has 5 nitrogen and oxygen atoms in total. The van der Waals surface area contributed by atoms with Gasteiger partial charge < -0.3 is 15.7 Å². The summed E-state index contributed by atoms with van der Waals surface area (Å²) in [6.45, 7) is 4.03. The van der Waals surface area contributed by atoms with Crippen LogP contribution in [0.2, 0.25) is 0 Å². The van der Waals surface area contributed by atoms with E-state index in [1.807, 2.05) is 38.1 Å². The molecule has 2 atom stereocenters. The third-order valence-electron chi connectivity index (χ3n) is 6.73. The quantitative estimate of drug-likeness (QED) is 0.683. The SMILES string of the molecule is CC(C)CC(=O)Nc1ccc(NC(=O)CC23CC4CC(CC(O)(C4)C2)C3)cc1. The van der Waals surface area contributed by atoms with Crippen LogP contribution in [-0.4, -0.2) is 22.5 Å². The Labute approximate surface area is 167 Å². The van der Waals surface area contributed by atoms with E-state index in [1.54, 1.807) is 0 Å². The average Bonchev–Trinajstić information content (AvgIpc) is 2.52. The van der Waals surface area contributed by atoms with Crippen LogP contribution >= 0.6 is 0 Å². The number of nitrogens with one attached hydrogen (secondary N) is 2. The summed E-state index contributed by atoms with van der Waals surface area (Å²) in [5, 5.41) is 16.8. The van der Waals surface area contributed by atoms with E-state index in [1.165, 1.54) is 6.42 Å². The number of rotatable bonds is 6. The van der Waals surface area contributed by atoms with Crippen molar-refractivity contribution >= 4 is 23.2 Å². The lowest BCUT2D eigenvalue weighted by molar-refractivity contribution is -0.167. The fourth-order valence-corrected chi connectivity index (χ4v) is 6.37. The summed E-state index contributed by atoms with van der Waals surface area (Å²) in [4.78, 5) is 24.6. The van der Waals surface area contributed by atoms with Crippen LogP contribution in [0.1, 0.15) is 65.2 Å². The minimum Gasteiger partial charge on any atom is -0.390 e. The van der Waals surface area contributed by atoms with Gasteiger partial charge in [-0.05, 0) is 86.0 Å². The van der Waals surface area contributed by atoms with E-state index in [0.717, 1.165) is 43.5 Å². The summed E-state index contributed by atoms with van der Waals surface area (Å²) >= 11 is 0. The van der Waals surface area contributed by atoms with Crippen LogP contribution in [0.5, 0.6) is 0 Å². The van der Waals surface area contributed by atoms with Crippen molar-refractivity contribution < 1.29 is 14.7 Å². The van der Waals surface area contributed by atoms with Crippen LogP contribution in [0.15, 0.2) is 24.3 Å². The molecule has 0 aromatic heterocycles. The molecule has 4 bridgehead atoms. The van der Waals surface area contributed by atoms with Crippen LogP contribution in [0, 0.1) is 23.2 Å². The molecule has 4 fully saturated rings. The first-order valence-electron chi connectivity index (χ1n) is 10.6. The smallest absolute Gasteiger partial charge is 0.224 e. The molecular weight excluding hydrogens is 352 g/mol. The zero-order valence-corrected chi connectivity index (χ0v) is 17.0. The van der Waals surface area contributed by atoms with E-state index in [4.69, 9.17) is 0 Å². The molecule has 1 aromatic rings. The number of aliphatic hydroxyl groups is 1. The second kappa shape index (κ2) is 7.18. The summed E-state index contributed by atoms with van der Waals surface area (Å²) in [7, 11) is 0. The lowest BCUT2D eigenvalue weighted by Gasteiger charge is -2.60. The van der Waals surface area contributed by atoms with Crippen molar-refractivity contribution in [2.45, 2.75) is 70.8 Å². The Morgan fingerprint density at radius 3 is 2.04 bits per heavy atom. The third kappa shape index (κ3) is 4.24. The van der Waals surface area contributed by atoms with Gasteiger partial charge in [0.1, 0.15) is 0 Å². The molecule has 0 saturated heterocycles. The summed E-state index contributed by atoms with van der Waals surface area (Å²) < 4.78 is 0. The fourth-order valence-electron chi connectivity index (χ4n) is 6.37. The molecule has 2 unspecified atom stereocenters. The molecule has 0 spiro atoms. The Bertz CT molecular complexity index is 742. The molecule has 3 N–H and O–H groups in total. The van der Waals surface area contributed by atoms with Gasteiger partial charge in [-0.25, -0.2) is 0 Å². The van der Waals surface area contributed by atoms with Gasteiger partial charge >= 0.3 is 0 Å². The minimum absolute atomic E-state index is 0.00605. The molecule has 5 rings (SSSR count). The molecule has 5 heteroatoms. The zero-order chi connectivity index (χ0) is 19.9. The highest BCUT2D eigenvalue weighted by Crippen LogP contribution is 2.62. The number of carbonyl (C=O) groups is 2. The molecule has 4 aliphatic rings. The standard InChI is InChI=1S/C23H32N2O3/c1-15(2)7-20(26)24-18-3-5-19(6-4-18)25-21(27)13-22-9-16-8-17(10-22)12-23(28,11-16)14-22/h3-6,15-17,28H,7-14H2,1-2H3,(H,24,26)(H,25,27). The number of carbonyl (C=O) groups excluding carboxylic acids is 2. The average molecular weight is 385 g/mol. The predicted molar refractivity (Wildman–Crippen MR) is 110 cm³/mol. The van der Waals surface area contributed by atoms with E-state index in [-0.39, 0.29) is 17.2 Å². The van der Waals surface area contributed by atoms with Gasteiger partial charge in [-0.15, -0.1) is 0 Å². The van der Waals surface area contributed by atoms with Gasteiger partial charge in [-0.2, -0.15) is 0 Å². The Morgan fingerprint density at radius 1 is 1.00 bits per heavy atom. The number of anilines is 2. The highest BCUT2D eigenvalue weighted by Gasteiger charge is 2.57. The Morgan fingerprint density at radius 2 is 1.54 bits per heavy atom. The molecular formula is C23H32N2O3. The van der Waals surface area contributed by atoms with Crippen molar-refractivity contribution in [3.63, 3.8) is 0 Å². The molecule has 1 aromatic carbocycles. The molecule has 0 aliphatic heterocycles. The molecule has 28 heavy (non-hydrogen) atoms. The van der Waals surface area contributed by atoms with Crippen molar-refractivity contribution in [3.05, 3.63) is 24.3 Å². The first kappa shape index (κ1) is 19.4. The number of hydrogen-bond acceptors (Lipinski definition) is 3. The molecule has 2 amide bonds. The largest absolute Gasteiger partial charge is 0.390 e. The molecule has 152 valence electrons. The first-order valence-corrected chi connectivity index (χ1v) is 10.6. The van der Waals surface area contributed by atoms with Crippen molar-refractivity contribution in [3.8, 4) is 0 Å². The van der Waals surface area contributed by atoms with Crippen molar-refractivity contribution in [2.75, 3.05) is 10.6 Å². The van der Waals surface area contributed by atoms with Crippen molar-refractivity contribution in [2.24, 2.45) is 23.2 Å². The normalized spacial score (nSPS) is 33.1. The van der Waals surface area contributed by atoms with Crippen LogP contribution in [0.3, 0.4) is 0 Å². The van der Waals surface area contributed by atoms with Crippen LogP contribution in [-0.2, 0) is 9.59 Å². The lowest BCUT2D eigenvalue weighted by atomic mass is 9.47. The molecule has 0 heterocycles. The van der Waals surface area contributed by atoms with Gasteiger partial charge in [0.15, 0.2) is 0 Å². The fraction of sp³-hybridized carbons (Fsp3) is 0.652. The summed E-state index contributed by atoms with van der Waals surface area (Å²) in [5.41, 5.74) is 0.940. The van der Waals surface area contributed by atoms with Gasteiger partial charge in [0, 0.05) is 24.2 Å². The molecule has 0 radical (unpaired) electrons. The summed E-state index contributed by atoms with van der Waals surface area (Å²) in [6.07, 6.45) is 7.02. The summed E-state index contributed by atoms with van der Waals surface area (Å²) in [6, 6.07) is 7.30. The topological polar surface area (TPSA) is 78.4 Å². The predicted octanol–water partition coefficient (Wildman–Crippen LogP) is 4.33. The Hall–Kier alpha value is -1.88. The van der Waals surface area contributed by atoms with Gasteiger partial charge in [0.2, 0.25) is 11.8 Å². The monoisotopic (exact) mass is 384 g/mol. The van der Waals surface area contributed by atoms with E-state index >= 15 is 0 Å². The molecule has 4 saturated carbocycles.